The lowest BCUT2D eigenvalue weighted by atomic mass is 9.64. The molecule has 1 heteroatoms. The van der Waals surface area contributed by atoms with Crippen LogP contribution in [0.25, 0.3) is 0 Å². The molecule has 5 fully saturated rings. The van der Waals surface area contributed by atoms with Crippen molar-refractivity contribution in [3.63, 3.8) is 0 Å². The first-order chi connectivity index (χ1) is 10.3. The van der Waals surface area contributed by atoms with Crippen LogP contribution in [0.1, 0.15) is 64.2 Å². The third-order valence-electron chi connectivity index (χ3n) is 8.71. The zero-order valence-electron chi connectivity index (χ0n) is 13.1. The van der Waals surface area contributed by atoms with Crippen molar-refractivity contribution in [2.75, 3.05) is 0 Å². The summed E-state index contributed by atoms with van der Waals surface area (Å²) in [4.78, 5) is 0. The highest BCUT2D eigenvalue weighted by Crippen LogP contribution is 2.80. The molecule has 0 radical (unpaired) electrons. The van der Waals surface area contributed by atoms with E-state index < -0.39 is 0 Å². The minimum absolute atomic E-state index is 0.196. The Kier molecular flexibility index (Phi) is 2.19. The van der Waals surface area contributed by atoms with Crippen LogP contribution in [0.2, 0.25) is 0 Å². The number of rotatable bonds is 0. The molecule has 2 spiro atoms. The highest BCUT2D eigenvalue weighted by atomic mass is 16.5. The lowest BCUT2D eigenvalue weighted by Gasteiger charge is -2.50. The molecule has 6 rings (SSSR count). The van der Waals surface area contributed by atoms with Gasteiger partial charge in [-0.15, -0.1) is 0 Å². The molecular formula is C20H28O. The normalized spacial score (nSPS) is 63.2. The van der Waals surface area contributed by atoms with Gasteiger partial charge in [0.05, 0.1) is 11.7 Å². The minimum Gasteiger partial charge on any atom is -0.366 e. The second-order valence-electron chi connectivity index (χ2n) is 9.28. The Morgan fingerprint density at radius 1 is 0.952 bits per heavy atom. The minimum atomic E-state index is 0.196. The van der Waals surface area contributed by atoms with Crippen LogP contribution in [0, 0.1) is 35.0 Å². The van der Waals surface area contributed by atoms with E-state index in [4.69, 9.17) is 4.74 Å². The predicted octanol–water partition coefficient (Wildman–Crippen LogP) is 4.72. The highest BCUT2D eigenvalue weighted by molar-refractivity contribution is 5.32. The largest absolute Gasteiger partial charge is 0.366 e. The third-order valence-corrected chi connectivity index (χ3v) is 8.71. The molecule has 0 bridgehead atoms. The summed E-state index contributed by atoms with van der Waals surface area (Å²) >= 11 is 0. The fraction of sp³-hybridized carbons (Fsp3) is 0.900. The first-order valence-corrected chi connectivity index (χ1v) is 9.68. The summed E-state index contributed by atoms with van der Waals surface area (Å²) in [5.41, 5.74) is 0.972. The van der Waals surface area contributed by atoms with Gasteiger partial charge < -0.3 is 4.74 Å². The van der Waals surface area contributed by atoms with Gasteiger partial charge in [-0.25, -0.2) is 0 Å². The van der Waals surface area contributed by atoms with Crippen molar-refractivity contribution in [2.45, 2.75) is 75.9 Å². The Hall–Kier alpha value is -0.300. The molecule has 114 valence electrons. The molecule has 0 saturated heterocycles. The van der Waals surface area contributed by atoms with Crippen molar-refractivity contribution in [3.8, 4) is 0 Å². The first-order valence-electron chi connectivity index (χ1n) is 9.68. The zero-order valence-corrected chi connectivity index (χ0v) is 13.1. The Bertz CT molecular complexity index is 510. The number of hydrogen-bond donors (Lipinski definition) is 0. The van der Waals surface area contributed by atoms with E-state index in [2.05, 4.69) is 12.2 Å². The lowest BCUT2D eigenvalue weighted by molar-refractivity contribution is -0.153. The van der Waals surface area contributed by atoms with Gasteiger partial charge in [0, 0.05) is 5.92 Å². The van der Waals surface area contributed by atoms with E-state index in [0.717, 1.165) is 35.0 Å². The van der Waals surface area contributed by atoms with Crippen LogP contribution in [0.3, 0.4) is 0 Å². The predicted molar refractivity (Wildman–Crippen MR) is 82.8 cm³/mol. The van der Waals surface area contributed by atoms with Gasteiger partial charge >= 0.3 is 0 Å². The molecule has 1 aliphatic heterocycles. The smallest absolute Gasteiger partial charge is 0.0903 e. The average molecular weight is 284 g/mol. The first kappa shape index (κ1) is 12.2. The van der Waals surface area contributed by atoms with Gasteiger partial charge in [0.25, 0.3) is 0 Å². The number of ether oxygens (including phenoxy) is 1. The van der Waals surface area contributed by atoms with E-state index in [-0.39, 0.29) is 5.60 Å². The molecule has 8 unspecified atom stereocenters. The Labute approximate surface area is 128 Å². The Morgan fingerprint density at radius 3 is 2.67 bits per heavy atom. The summed E-state index contributed by atoms with van der Waals surface area (Å²) in [5, 5.41) is 0. The molecule has 0 amide bonds. The van der Waals surface area contributed by atoms with Crippen LogP contribution in [0.15, 0.2) is 12.2 Å². The molecule has 5 saturated carbocycles. The van der Waals surface area contributed by atoms with Crippen molar-refractivity contribution < 1.29 is 4.74 Å². The van der Waals surface area contributed by atoms with E-state index in [0.29, 0.717) is 6.10 Å². The number of hydrogen-bond acceptors (Lipinski definition) is 1. The Morgan fingerprint density at radius 2 is 1.90 bits per heavy atom. The molecule has 0 aromatic carbocycles. The monoisotopic (exact) mass is 284 g/mol. The van der Waals surface area contributed by atoms with Gasteiger partial charge in [0.1, 0.15) is 0 Å². The van der Waals surface area contributed by atoms with Crippen molar-refractivity contribution in [3.05, 3.63) is 12.2 Å². The van der Waals surface area contributed by atoms with E-state index in [1.807, 2.05) is 0 Å². The summed E-state index contributed by atoms with van der Waals surface area (Å²) in [5.74, 6) is 4.57. The maximum Gasteiger partial charge on any atom is 0.0903 e. The molecule has 1 nitrogen and oxygen atoms in total. The van der Waals surface area contributed by atoms with Gasteiger partial charge in [-0.1, -0.05) is 31.4 Å². The van der Waals surface area contributed by atoms with Gasteiger partial charge in [0.15, 0.2) is 0 Å². The summed E-state index contributed by atoms with van der Waals surface area (Å²) in [6.45, 7) is 0. The van der Waals surface area contributed by atoms with Crippen LogP contribution in [-0.2, 0) is 4.74 Å². The van der Waals surface area contributed by atoms with Crippen LogP contribution >= 0.6 is 0 Å². The molecule has 0 aromatic heterocycles. The fourth-order valence-electron chi connectivity index (χ4n) is 7.45. The third kappa shape index (κ3) is 1.39. The highest BCUT2D eigenvalue weighted by Gasteiger charge is 2.76. The number of fused-ring (bicyclic) bond motifs is 4. The van der Waals surface area contributed by atoms with Gasteiger partial charge in [-0.3, -0.25) is 0 Å². The zero-order chi connectivity index (χ0) is 13.7. The molecule has 5 aliphatic carbocycles. The SMILES string of the molecule is C1=CC2(CC3CCC34CC24)OC2C1CCC1CCCCC12. The van der Waals surface area contributed by atoms with Crippen molar-refractivity contribution in [1.82, 2.24) is 0 Å². The van der Waals surface area contributed by atoms with Gasteiger partial charge in [0.2, 0.25) is 0 Å². The van der Waals surface area contributed by atoms with E-state index in [9.17, 15) is 0 Å². The van der Waals surface area contributed by atoms with Crippen LogP contribution < -0.4 is 0 Å². The standard InChI is InChI=1S/C20H28O/c1-2-4-16-13(3-1)5-6-14-7-10-20(21-18(14)16)11-15-8-9-19(15)12-17(19)20/h7,10,13-18H,1-6,8-9,11-12H2. The summed E-state index contributed by atoms with van der Waals surface area (Å²) < 4.78 is 7.05. The topological polar surface area (TPSA) is 9.23 Å². The van der Waals surface area contributed by atoms with Crippen LogP contribution in [-0.4, -0.2) is 11.7 Å². The van der Waals surface area contributed by atoms with E-state index >= 15 is 0 Å². The van der Waals surface area contributed by atoms with E-state index in [1.165, 1.54) is 64.2 Å². The molecule has 1 heterocycles. The summed E-state index contributed by atoms with van der Waals surface area (Å²) in [6, 6.07) is 0. The molecule has 21 heavy (non-hydrogen) atoms. The fourth-order valence-corrected chi connectivity index (χ4v) is 7.45. The molecular weight excluding hydrogens is 256 g/mol. The van der Waals surface area contributed by atoms with Crippen LogP contribution in [0.4, 0.5) is 0 Å². The maximum atomic E-state index is 7.05. The molecule has 6 aliphatic rings. The van der Waals surface area contributed by atoms with E-state index in [1.54, 1.807) is 0 Å². The summed E-state index contributed by atoms with van der Waals surface area (Å²) in [6.07, 6.45) is 20.4. The average Bonchev–Trinajstić information content (AvgIpc) is 3.27. The van der Waals surface area contributed by atoms with Crippen molar-refractivity contribution in [2.24, 2.45) is 35.0 Å². The molecule has 0 N–H and O–H groups in total. The van der Waals surface area contributed by atoms with Crippen molar-refractivity contribution >= 4 is 0 Å². The Balaban J connectivity index is 1.34. The molecule has 8 atom stereocenters. The second-order valence-corrected chi connectivity index (χ2v) is 9.28. The van der Waals surface area contributed by atoms with Crippen LogP contribution in [0.5, 0.6) is 0 Å². The maximum absolute atomic E-state index is 7.05. The van der Waals surface area contributed by atoms with Gasteiger partial charge in [-0.2, -0.15) is 0 Å². The molecule has 0 aromatic rings. The van der Waals surface area contributed by atoms with Crippen molar-refractivity contribution in [1.29, 1.82) is 0 Å². The second kappa shape index (κ2) is 3.78. The van der Waals surface area contributed by atoms with Gasteiger partial charge in [-0.05, 0) is 74.0 Å². The lowest BCUT2D eigenvalue weighted by Crippen LogP contribution is -2.50. The summed E-state index contributed by atoms with van der Waals surface area (Å²) in [7, 11) is 0. The quantitative estimate of drug-likeness (QED) is 0.585.